The Morgan fingerprint density at radius 1 is 1.39 bits per heavy atom. The third-order valence-corrected chi connectivity index (χ3v) is 3.94. The summed E-state index contributed by atoms with van der Waals surface area (Å²) in [6.07, 6.45) is 1.86. The zero-order valence-corrected chi connectivity index (χ0v) is 10.6. The molecule has 2 atom stereocenters. The number of methoxy groups -OCH3 is 1. The number of ether oxygens (including phenoxy) is 1. The second-order valence-electron chi connectivity index (χ2n) is 5.06. The van der Waals surface area contributed by atoms with Crippen molar-refractivity contribution in [2.24, 2.45) is 5.92 Å². The van der Waals surface area contributed by atoms with Crippen LogP contribution in [0.1, 0.15) is 24.4 Å². The van der Waals surface area contributed by atoms with Gasteiger partial charge in [0.25, 0.3) is 0 Å². The van der Waals surface area contributed by atoms with Gasteiger partial charge in [-0.15, -0.1) is 0 Å². The number of hydrogen-bond acceptors (Lipinski definition) is 4. The summed E-state index contributed by atoms with van der Waals surface area (Å²) in [7, 11) is 3.33. The summed E-state index contributed by atoms with van der Waals surface area (Å²) in [6.45, 7) is 0. The SMILES string of the molecule is COC(=O)[C@H]1[C@@H](c2ccccc2)N(C)OC12CC2. The molecule has 1 aromatic rings. The molecule has 2 fully saturated rings. The lowest BCUT2D eigenvalue weighted by Gasteiger charge is -2.21. The van der Waals surface area contributed by atoms with E-state index in [1.807, 2.05) is 42.4 Å². The first-order chi connectivity index (χ1) is 8.68. The number of hydroxylamine groups is 2. The number of carbonyl (C=O) groups excluding carboxylic acids is 1. The van der Waals surface area contributed by atoms with Crippen LogP contribution in [0.3, 0.4) is 0 Å². The zero-order chi connectivity index (χ0) is 12.8. The standard InChI is InChI=1S/C14H17NO3/c1-15-12(10-6-4-3-5-7-10)11(13(16)17-2)14(18-15)8-9-14/h3-7,11-12H,8-9H2,1-2H3/t11-,12-/m1/s1. The van der Waals surface area contributed by atoms with Crippen molar-refractivity contribution in [2.75, 3.05) is 14.2 Å². The van der Waals surface area contributed by atoms with Crippen LogP contribution in [0.2, 0.25) is 0 Å². The maximum absolute atomic E-state index is 12.1. The van der Waals surface area contributed by atoms with E-state index in [2.05, 4.69) is 0 Å². The van der Waals surface area contributed by atoms with Gasteiger partial charge in [-0.1, -0.05) is 30.3 Å². The molecule has 0 N–H and O–H groups in total. The number of carbonyl (C=O) groups is 1. The van der Waals surface area contributed by atoms with Gasteiger partial charge in [-0.3, -0.25) is 9.63 Å². The lowest BCUT2D eigenvalue weighted by Crippen LogP contribution is -2.31. The molecule has 4 nitrogen and oxygen atoms in total. The van der Waals surface area contributed by atoms with Gasteiger partial charge in [0.05, 0.1) is 13.2 Å². The van der Waals surface area contributed by atoms with Gasteiger partial charge in [0.15, 0.2) is 0 Å². The van der Waals surface area contributed by atoms with E-state index in [9.17, 15) is 4.79 Å². The fraction of sp³-hybridized carbons (Fsp3) is 0.500. The van der Waals surface area contributed by atoms with E-state index >= 15 is 0 Å². The summed E-state index contributed by atoms with van der Waals surface area (Å²) in [5.74, 6) is -0.402. The Bertz CT molecular complexity index is 455. The van der Waals surface area contributed by atoms with Crippen LogP contribution in [0.5, 0.6) is 0 Å². The molecule has 0 radical (unpaired) electrons. The Balaban J connectivity index is 1.98. The van der Waals surface area contributed by atoms with Gasteiger partial charge in [0, 0.05) is 7.05 Å². The lowest BCUT2D eigenvalue weighted by molar-refractivity contribution is -0.159. The van der Waals surface area contributed by atoms with Gasteiger partial charge in [0.2, 0.25) is 0 Å². The van der Waals surface area contributed by atoms with Gasteiger partial charge >= 0.3 is 5.97 Å². The smallest absolute Gasteiger partial charge is 0.313 e. The van der Waals surface area contributed by atoms with E-state index in [0.717, 1.165) is 18.4 Å². The Morgan fingerprint density at radius 3 is 2.61 bits per heavy atom. The van der Waals surface area contributed by atoms with Crippen molar-refractivity contribution in [1.29, 1.82) is 0 Å². The maximum Gasteiger partial charge on any atom is 0.313 e. The van der Waals surface area contributed by atoms with Crippen LogP contribution in [0.25, 0.3) is 0 Å². The summed E-state index contributed by atoms with van der Waals surface area (Å²) in [5, 5.41) is 1.81. The summed E-state index contributed by atoms with van der Waals surface area (Å²) in [4.78, 5) is 18.0. The number of benzene rings is 1. The molecule has 96 valence electrons. The second-order valence-corrected chi connectivity index (χ2v) is 5.06. The zero-order valence-electron chi connectivity index (χ0n) is 10.6. The van der Waals surface area contributed by atoms with Crippen LogP contribution in [-0.2, 0) is 14.4 Å². The molecule has 1 spiro atoms. The molecule has 3 rings (SSSR count). The Hall–Kier alpha value is -1.39. The number of hydrogen-bond donors (Lipinski definition) is 0. The fourth-order valence-electron chi connectivity index (χ4n) is 2.95. The number of esters is 1. The summed E-state index contributed by atoms with van der Waals surface area (Å²) < 4.78 is 4.96. The predicted molar refractivity (Wildman–Crippen MR) is 65.5 cm³/mol. The lowest BCUT2D eigenvalue weighted by atomic mass is 9.88. The maximum atomic E-state index is 12.1. The van der Waals surface area contributed by atoms with Crippen LogP contribution in [0, 0.1) is 5.92 Å². The third-order valence-electron chi connectivity index (χ3n) is 3.94. The summed E-state index contributed by atoms with van der Waals surface area (Å²) >= 11 is 0. The highest BCUT2D eigenvalue weighted by atomic mass is 16.7. The highest BCUT2D eigenvalue weighted by Gasteiger charge is 2.64. The molecule has 1 saturated heterocycles. The predicted octanol–water partition coefficient (Wildman–Crippen LogP) is 1.93. The molecule has 1 aromatic carbocycles. The normalized spacial score (nSPS) is 29.4. The van der Waals surface area contributed by atoms with Crippen molar-refractivity contribution in [2.45, 2.75) is 24.5 Å². The first-order valence-corrected chi connectivity index (χ1v) is 6.23. The summed E-state index contributed by atoms with van der Waals surface area (Å²) in [5.41, 5.74) is 0.779. The van der Waals surface area contributed by atoms with E-state index in [4.69, 9.17) is 9.57 Å². The molecule has 1 aliphatic carbocycles. The largest absolute Gasteiger partial charge is 0.469 e. The van der Waals surface area contributed by atoms with Gasteiger partial charge in [0.1, 0.15) is 11.5 Å². The highest BCUT2D eigenvalue weighted by molar-refractivity contribution is 5.76. The van der Waals surface area contributed by atoms with Gasteiger partial charge in [-0.25, -0.2) is 0 Å². The van der Waals surface area contributed by atoms with Crippen molar-refractivity contribution in [3.8, 4) is 0 Å². The quantitative estimate of drug-likeness (QED) is 0.748. The second kappa shape index (κ2) is 4.07. The van der Waals surface area contributed by atoms with Crippen LogP contribution in [-0.4, -0.2) is 30.8 Å². The molecular weight excluding hydrogens is 230 g/mol. The molecule has 1 aliphatic heterocycles. The molecule has 0 amide bonds. The van der Waals surface area contributed by atoms with Gasteiger partial charge in [-0.05, 0) is 18.4 Å². The van der Waals surface area contributed by atoms with Crippen LogP contribution in [0.15, 0.2) is 30.3 Å². The highest BCUT2D eigenvalue weighted by Crippen LogP contribution is 2.57. The first kappa shape index (κ1) is 11.7. The minimum Gasteiger partial charge on any atom is -0.469 e. The molecule has 0 aromatic heterocycles. The van der Waals surface area contributed by atoms with E-state index < -0.39 is 0 Å². The molecule has 1 saturated carbocycles. The van der Waals surface area contributed by atoms with Crippen LogP contribution < -0.4 is 0 Å². The molecule has 2 aliphatic rings. The van der Waals surface area contributed by atoms with Crippen molar-refractivity contribution < 1.29 is 14.4 Å². The Morgan fingerprint density at radius 2 is 2.06 bits per heavy atom. The average Bonchev–Trinajstić information content (AvgIpc) is 3.08. The summed E-state index contributed by atoms with van der Waals surface area (Å²) in [6, 6.07) is 9.94. The average molecular weight is 247 g/mol. The van der Waals surface area contributed by atoms with Crippen molar-refractivity contribution in [1.82, 2.24) is 5.06 Å². The number of rotatable bonds is 2. The van der Waals surface area contributed by atoms with E-state index in [-0.39, 0.29) is 23.5 Å². The number of nitrogens with zero attached hydrogens (tertiary/aromatic N) is 1. The van der Waals surface area contributed by atoms with Crippen molar-refractivity contribution in [3.63, 3.8) is 0 Å². The van der Waals surface area contributed by atoms with E-state index in [1.165, 1.54) is 7.11 Å². The van der Waals surface area contributed by atoms with E-state index in [0.29, 0.717) is 0 Å². The van der Waals surface area contributed by atoms with Crippen molar-refractivity contribution >= 4 is 5.97 Å². The first-order valence-electron chi connectivity index (χ1n) is 6.23. The monoisotopic (exact) mass is 247 g/mol. The molecule has 18 heavy (non-hydrogen) atoms. The Labute approximate surface area is 106 Å². The molecule has 0 bridgehead atoms. The molecule has 4 heteroatoms. The topological polar surface area (TPSA) is 38.8 Å². The van der Waals surface area contributed by atoms with E-state index in [1.54, 1.807) is 0 Å². The Kier molecular flexibility index (Phi) is 2.64. The van der Waals surface area contributed by atoms with Crippen LogP contribution in [0.4, 0.5) is 0 Å². The van der Waals surface area contributed by atoms with Gasteiger partial charge in [-0.2, -0.15) is 5.06 Å². The minimum absolute atomic E-state index is 0.0545. The van der Waals surface area contributed by atoms with Gasteiger partial charge < -0.3 is 4.74 Å². The fourth-order valence-corrected chi connectivity index (χ4v) is 2.95. The van der Waals surface area contributed by atoms with Crippen LogP contribution >= 0.6 is 0 Å². The minimum atomic E-state index is -0.317. The van der Waals surface area contributed by atoms with Crippen molar-refractivity contribution in [3.05, 3.63) is 35.9 Å². The molecule has 1 heterocycles. The molecule has 0 unspecified atom stereocenters. The molecular formula is C14H17NO3. The third kappa shape index (κ3) is 1.64.